The van der Waals surface area contributed by atoms with Crippen LogP contribution in [0.3, 0.4) is 0 Å². The Balaban J connectivity index is 2.40. The standard InChI is InChI=1S/C22H35NO6S/c1-16-13-14-20(21(15-16)30(26,27)29-5)23-22(25)12-10-8-6-7-9-11-19(17(2)24)18(3)28-4/h13-15,18-19H,6-12H2,1-5H3,(H,23,25). The van der Waals surface area contributed by atoms with Crippen LogP contribution in [0.2, 0.25) is 0 Å². The number of benzene rings is 1. The Morgan fingerprint density at radius 3 is 2.30 bits per heavy atom. The number of carbonyl (C=O) groups is 2. The van der Waals surface area contributed by atoms with Gasteiger partial charge in [-0.1, -0.05) is 31.7 Å². The van der Waals surface area contributed by atoms with Crippen LogP contribution in [0.5, 0.6) is 0 Å². The Morgan fingerprint density at radius 2 is 1.70 bits per heavy atom. The fraction of sp³-hybridized carbons (Fsp3) is 0.636. The normalized spacial score (nSPS) is 13.6. The largest absolute Gasteiger partial charge is 0.381 e. The zero-order chi connectivity index (χ0) is 22.7. The second-order valence-electron chi connectivity index (χ2n) is 7.63. The van der Waals surface area contributed by atoms with Crippen LogP contribution in [0.1, 0.15) is 64.4 Å². The Labute approximate surface area is 180 Å². The highest BCUT2D eigenvalue weighted by Gasteiger charge is 2.21. The Kier molecular flexibility index (Phi) is 11.2. The number of rotatable bonds is 14. The molecule has 0 saturated carbocycles. The number of nitrogens with one attached hydrogen (secondary N) is 1. The number of methoxy groups -OCH3 is 1. The highest BCUT2D eigenvalue weighted by molar-refractivity contribution is 7.87. The van der Waals surface area contributed by atoms with Crippen LogP contribution < -0.4 is 5.32 Å². The zero-order valence-electron chi connectivity index (χ0n) is 18.7. The van der Waals surface area contributed by atoms with Crippen LogP contribution in [0, 0.1) is 12.8 Å². The zero-order valence-corrected chi connectivity index (χ0v) is 19.5. The van der Waals surface area contributed by atoms with E-state index >= 15 is 0 Å². The summed E-state index contributed by atoms with van der Waals surface area (Å²) >= 11 is 0. The van der Waals surface area contributed by atoms with E-state index in [1.807, 2.05) is 6.92 Å². The lowest BCUT2D eigenvalue weighted by molar-refractivity contribution is -0.125. The quantitative estimate of drug-likeness (QED) is 0.342. The van der Waals surface area contributed by atoms with E-state index in [2.05, 4.69) is 9.50 Å². The first-order chi connectivity index (χ1) is 14.1. The first-order valence-corrected chi connectivity index (χ1v) is 11.8. The highest BCUT2D eigenvalue weighted by Crippen LogP contribution is 2.24. The number of hydrogen-bond donors (Lipinski definition) is 1. The van der Waals surface area contributed by atoms with Gasteiger partial charge in [-0.15, -0.1) is 0 Å². The van der Waals surface area contributed by atoms with Crippen molar-refractivity contribution in [1.82, 2.24) is 0 Å². The third-order valence-corrected chi connectivity index (χ3v) is 6.59. The van der Waals surface area contributed by atoms with Crippen LogP contribution in [-0.4, -0.2) is 40.4 Å². The second-order valence-corrected chi connectivity index (χ2v) is 9.31. The maximum absolute atomic E-state index is 12.2. The van der Waals surface area contributed by atoms with Crippen molar-refractivity contribution in [2.75, 3.05) is 19.5 Å². The molecule has 0 aliphatic rings. The van der Waals surface area contributed by atoms with Gasteiger partial charge in [-0.05, 0) is 51.3 Å². The van der Waals surface area contributed by atoms with Crippen molar-refractivity contribution in [2.45, 2.75) is 76.7 Å². The second kappa shape index (κ2) is 12.8. The Bertz CT molecular complexity index is 806. The van der Waals surface area contributed by atoms with Gasteiger partial charge in [0.2, 0.25) is 5.91 Å². The van der Waals surface area contributed by atoms with E-state index in [-0.39, 0.29) is 34.3 Å². The van der Waals surface area contributed by atoms with Gasteiger partial charge in [0, 0.05) is 19.4 Å². The SMILES string of the molecule is COC(C)C(CCCCCCCC(=O)Nc1ccc(C)cc1S(=O)(=O)OC)C(C)=O. The molecule has 1 amide bonds. The number of ketones is 1. The number of ether oxygens (including phenoxy) is 1. The molecule has 1 aromatic rings. The van der Waals surface area contributed by atoms with Crippen LogP contribution in [0.4, 0.5) is 5.69 Å². The highest BCUT2D eigenvalue weighted by atomic mass is 32.2. The van der Waals surface area contributed by atoms with Crippen LogP contribution in [0.15, 0.2) is 23.1 Å². The van der Waals surface area contributed by atoms with E-state index < -0.39 is 10.1 Å². The fourth-order valence-corrected chi connectivity index (χ4v) is 4.25. The lowest BCUT2D eigenvalue weighted by Crippen LogP contribution is -2.25. The molecule has 2 unspecified atom stereocenters. The molecular formula is C22H35NO6S. The fourth-order valence-electron chi connectivity index (χ4n) is 3.36. The molecule has 0 heterocycles. The molecule has 0 saturated heterocycles. The smallest absolute Gasteiger partial charge is 0.298 e. The summed E-state index contributed by atoms with van der Waals surface area (Å²) < 4.78 is 34.0. The lowest BCUT2D eigenvalue weighted by atomic mass is 9.92. The van der Waals surface area contributed by atoms with Crippen molar-refractivity contribution in [3.05, 3.63) is 23.8 Å². The molecule has 7 nitrogen and oxygen atoms in total. The number of unbranched alkanes of at least 4 members (excludes halogenated alkanes) is 4. The van der Waals surface area contributed by atoms with Crippen molar-refractivity contribution < 1.29 is 26.9 Å². The van der Waals surface area contributed by atoms with Crippen LogP contribution in [-0.2, 0) is 28.6 Å². The van der Waals surface area contributed by atoms with Gasteiger partial charge in [0.25, 0.3) is 10.1 Å². The van der Waals surface area contributed by atoms with Gasteiger partial charge in [0.05, 0.1) is 18.9 Å². The minimum absolute atomic E-state index is 0.0383. The summed E-state index contributed by atoms with van der Waals surface area (Å²) in [4.78, 5) is 23.9. The molecule has 30 heavy (non-hydrogen) atoms. The molecular weight excluding hydrogens is 406 g/mol. The molecule has 0 aromatic heterocycles. The van der Waals surface area contributed by atoms with E-state index in [1.165, 1.54) is 6.07 Å². The van der Waals surface area contributed by atoms with Crippen molar-refractivity contribution >= 4 is 27.5 Å². The molecule has 1 N–H and O–H groups in total. The maximum atomic E-state index is 12.2. The van der Waals surface area contributed by atoms with Crippen molar-refractivity contribution in [3.8, 4) is 0 Å². The molecule has 0 bridgehead atoms. The van der Waals surface area contributed by atoms with Gasteiger partial charge < -0.3 is 10.1 Å². The first-order valence-electron chi connectivity index (χ1n) is 10.4. The number of anilines is 1. The molecule has 0 spiro atoms. The van der Waals surface area contributed by atoms with Gasteiger partial charge >= 0.3 is 0 Å². The van der Waals surface area contributed by atoms with Gasteiger partial charge in [0.15, 0.2) is 0 Å². The van der Waals surface area contributed by atoms with E-state index in [4.69, 9.17) is 4.74 Å². The van der Waals surface area contributed by atoms with Gasteiger partial charge in [-0.2, -0.15) is 8.42 Å². The average Bonchev–Trinajstić information content (AvgIpc) is 2.70. The lowest BCUT2D eigenvalue weighted by Gasteiger charge is -2.20. The molecule has 0 aliphatic heterocycles. The van der Waals surface area contributed by atoms with Crippen LogP contribution in [0.25, 0.3) is 0 Å². The summed E-state index contributed by atoms with van der Waals surface area (Å²) in [5.74, 6) is -0.128. The topological polar surface area (TPSA) is 98.8 Å². The summed E-state index contributed by atoms with van der Waals surface area (Å²) in [5, 5.41) is 2.68. The molecule has 1 aromatic carbocycles. The summed E-state index contributed by atoms with van der Waals surface area (Å²) in [6.07, 6.45) is 5.60. The van der Waals surface area contributed by atoms with Crippen LogP contribution >= 0.6 is 0 Å². The average molecular weight is 442 g/mol. The number of Topliss-reactive ketones (excluding diaryl/α,β-unsaturated/α-hetero) is 1. The first kappa shape index (κ1) is 26.3. The van der Waals surface area contributed by atoms with E-state index in [0.29, 0.717) is 12.8 Å². The number of carbonyl (C=O) groups excluding carboxylic acids is 2. The molecule has 0 fully saturated rings. The third kappa shape index (κ3) is 8.53. The molecule has 1 rings (SSSR count). The summed E-state index contributed by atoms with van der Waals surface area (Å²) in [5.41, 5.74) is 0.991. The van der Waals surface area contributed by atoms with Gasteiger partial charge in [0.1, 0.15) is 10.7 Å². The number of amides is 1. The predicted molar refractivity (Wildman–Crippen MR) is 117 cm³/mol. The monoisotopic (exact) mass is 441 g/mol. The number of hydrogen-bond acceptors (Lipinski definition) is 6. The Hall–Kier alpha value is -1.77. The minimum atomic E-state index is -3.90. The van der Waals surface area contributed by atoms with E-state index in [0.717, 1.165) is 44.8 Å². The minimum Gasteiger partial charge on any atom is -0.381 e. The maximum Gasteiger partial charge on any atom is 0.298 e. The summed E-state index contributed by atoms with van der Waals surface area (Å²) in [6, 6.07) is 4.79. The van der Waals surface area contributed by atoms with Gasteiger partial charge in [-0.25, -0.2) is 0 Å². The molecule has 0 aliphatic carbocycles. The molecule has 8 heteroatoms. The van der Waals surface area contributed by atoms with Crippen molar-refractivity contribution in [2.24, 2.45) is 5.92 Å². The molecule has 170 valence electrons. The van der Waals surface area contributed by atoms with E-state index in [1.54, 1.807) is 33.1 Å². The van der Waals surface area contributed by atoms with Gasteiger partial charge in [-0.3, -0.25) is 13.8 Å². The Morgan fingerprint density at radius 1 is 1.07 bits per heavy atom. The third-order valence-electron chi connectivity index (χ3n) is 5.28. The van der Waals surface area contributed by atoms with Crippen molar-refractivity contribution in [1.29, 1.82) is 0 Å². The van der Waals surface area contributed by atoms with Crippen molar-refractivity contribution in [3.63, 3.8) is 0 Å². The number of aryl methyl sites for hydroxylation is 1. The predicted octanol–water partition coefficient (Wildman–Crippen LogP) is 4.24. The molecule has 2 atom stereocenters. The summed E-state index contributed by atoms with van der Waals surface area (Å²) in [6.45, 7) is 5.30. The molecule has 0 radical (unpaired) electrons. The van der Waals surface area contributed by atoms with E-state index in [9.17, 15) is 18.0 Å². The summed E-state index contributed by atoms with van der Waals surface area (Å²) in [7, 11) is -1.19.